The minimum atomic E-state index is -4.44. The van der Waals surface area contributed by atoms with E-state index >= 15 is 0 Å². The molecular formula is C16H18F3N5O. The van der Waals surface area contributed by atoms with Crippen LogP contribution in [0.4, 0.5) is 13.2 Å². The molecule has 1 amide bonds. The zero-order valence-corrected chi connectivity index (χ0v) is 13.6. The molecule has 2 aromatic rings. The summed E-state index contributed by atoms with van der Waals surface area (Å²) in [4.78, 5) is 14.2. The molecule has 1 aromatic heterocycles. The molecule has 0 spiro atoms. The lowest BCUT2D eigenvalue weighted by atomic mass is 10.1. The van der Waals surface area contributed by atoms with Crippen LogP contribution in [0, 0.1) is 0 Å². The second kappa shape index (κ2) is 6.83. The molecule has 1 fully saturated rings. The van der Waals surface area contributed by atoms with Crippen LogP contribution in [-0.2, 0) is 6.18 Å². The number of amides is 1. The number of likely N-dealkylation sites (tertiary alicyclic amines) is 1. The van der Waals surface area contributed by atoms with E-state index in [0.29, 0.717) is 13.1 Å². The largest absolute Gasteiger partial charge is 0.416 e. The molecule has 1 unspecified atom stereocenters. The van der Waals surface area contributed by atoms with Gasteiger partial charge in [-0.15, -0.1) is 5.10 Å². The van der Waals surface area contributed by atoms with Crippen molar-refractivity contribution in [3.63, 3.8) is 0 Å². The van der Waals surface area contributed by atoms with Crippen LogP contribution in [0.25, 0.3) is 5.69 Å². The highest BCUT2D eigenvalue weighted by atomic mass is 19.4. The first-order valence-electron chi connectivity index (χ1n) is 7.95. The number of aromatic nitrogens is 3. The minimum absolute atomic E-state index is 0.120. The average Bonchev–Trinajstić information content (AvgIpc) is 3.10. The molecule has 0 saturated carbocycles. The molecule has 2 heterocycles. The van der Waals surface area contributed by atoms with Crippen LogP contribution < -0.4 is 5.32 Å². The van der Waals surface area contributed by atoms with Crippen molar-refractivity contribution in [3.8, 4) is 5.69 Å². The highest BCUT2D eigenvalue weighted by molar-refractivity contribution is 5.92. The Hall–Kier alpha value is -2.42. The summed E-state index contributed by atoms with van der Waals surface area (Å²) in [6.07, 6.45) is -1.19. The first-order chi connectivity index (χ1) is 11.9. The predicted molar refractivity (Wildman–Crippen MR) is 84.3 cm³/mol. The zero-order valence-electron chi connectivity index (χ0n) is 13.6. The molecule has 134 valence electrons. The van der Waals surface area contributed by atoms with Gasteiger partial charge in [0.05, 0.1) is 17.4 Å². The molecule has 0 radical (unpaired) electrons. The fourth-order valence-corrected chi connectivity index (χ4v) is 2.87. The molecule has 3 rings (SSSR count). The van der Waals surface area contributed by atoms with Gasteiger partial charge < -0.3 is 10.2 Å². The smallest absolute Gasteiger partial charge is 0.336 e. The van der Waals surface area contributed by atoms with Gasteiger partial charge in [0.25, 0.3) is 5.91 Å². The van der Waals surface area contributed by atoms with E-state index in [9.17, 15) is 18.0 Å². The first kappa shape index (κ1) is 17.4. The molecule has 0 aliphatic carbocycles. The van der Waals surface area contributed by atoms with E-state index in [2.05, 4.69) is 15.6 Å². The Morgan fingerprint density at radius 3 is 2.88 bits per heavy atom. The van der Waals surface area contributed by atoms with Crippen LogP contribution >= 0.6 is 0 Å². The lowest BCUT2D eigenvalue weighted by Crippen LogP contribution is -2.47. The Morgan fingerprint density at radius 2 is 2.16 bits per heavy atom. The van der Waals surface area contributed by atoms with Gasteiger partial charge >= 0.3 is 6.18 Å². The van der Waals surface area contributed by atoms with Gasteiger partial charge in [-0.25, -0.2) is 4.68 Å². The van der Waals surface area contributed by atoms with E-state index in [0.717, 1.165) is 25.0 Å². The van der Waals surface area contributed by atoms with E-state index in [4.69, 9.17) is 0 Å². The fraction of sp³-hybridized carbons (Fsp3) is 0.438. The van der Waals surface area contributed by atoms with E-state index < -0.39 is 11.7 Å². The first-order valence-corrected chi connectivity index (χ1v) is 7.95. The molecule has 1 saturated heterocycles. The molecule has 1 aromatic carbocycles. The van der Waals surface area contributed by atoms with Gasteiger partial charge in [-0.2, -0.15) is 13.2 Å². The maximum Gasteiger partial charge on any atom is 0.416 e. The van der Waals surface area contributed by atoms with Crippen LogP contribution in [0.2, 0.25) is 0 Å². The SMILES string of the molecule is CNC1CCCN(C(=O)c2cn(-c3cccc(C(F)(F)F)c3)nn2)C1. The lowest BCUT2D eigenvalue weighted by Gasteiger charge is -2.31. The number of piperidine rings is 1. The van der Waals surface area contributed by atoms with Crippen molar-refractivity contribution < 1.29 is 18.0 Å². The summed E-state index contributed by atoms with van der Waals surface area (Å²) in [6, 6.07) is 4.97. The standard InChI is InChI=1S/C16H18F3N5O/c1-20-12-5-3-7-23(9-12)15(25)14-10-24(22-21-14)13-6-2-4-11(8-13)16(17,18)19/h2,4,6,8,10,12,20H,3,5,7,9H2,1H3. The van der Waals surface area contributed by atoms with Crippen molar-refractivity contribution in [1.29, 1.82) is 0 Å². The molecule has 9 heteroatoms. The van der Waals surface area contributed by atoms with Crippen molar-refractivity contribution in [1.82, 2.24) is 25.2 Å². The molecule has 1 N–H and O–H groups in total. The zero-order chi connectivity index (χ0) is 18.0. The summed E-state index contributed by atoms with van der Waals surface area (Å²) in [5.41, 5.74) is -0.455. The molecule has 6 nitrogen and oxygen atoms in total. The number of alkyl halides is 3. The van der Waals surface area contributed by atoms with Crippen molar-refractivity contribution in [2.75, 3.05) is 20.1 Å². The number of carbonyl (C=O) groups is 1. The van der Waals surface area contributed by atoms with Gasteiger partial charge in [-0.1, -0.05) is 11.3 Å². The maximum absolute atomic E-state index is 12.8. The number of halogens is 3. The number of nitrogens with zero attached hydrogens (tertiary/aromatic N) is 4. The molecular weight excluding hydrogens is 335 g/mol. The van der Waals surface area contributed by atoms with Gasteiger partial charge in [0.15, 0.2) is 5.69 Å². The number of rotatable bonds is 3. The Bertz CT molecular complexity index is 758. The Morgan fingerprint density at radius 1 is 1.36 bits per heavy atom. The normalized spacial score (nSPS) is 18.4. The van der Waals surface area contributed by atoms with Gasteiger partial charge in [-0.3, -0.25) is 4.79 Å². The molecule has 25 heavy (non-hydrogen) atoms. The van der Waals surface area contributed by atoms with Crippen LogP contribution in [0.15, 0.2) is 30.5 Å². The topological polar surface area (TPSA) is 63.1 Å². The Balaban J connectivity index is 1.79. The average molecular weight is 353 g/mol. The maximum atomic E-state index is 12.8. The van der Waals surface area contributed by atoms with Crippen molar-refractivity contribution >= 4 is 5.91 Å². The van der Waals surface area contributed by atoms with Gasteiger partial charge in [0.2, 0.25) is 0 Å². The summed E-state index contributed by atoms with van der Waals surface area (Å²) >= 11 is 0. The van der Waals surface area contributed by atoms with E-state index in [1.807, 2.05) is 7.05 Å². The number of nitrogens with one attached hydrogen (secondary N) is 1. The highest BCUT2D eigenvalue weighted by Gasteiger charge is 2.31. The highest BCUT2D eigenvalue weighted by Crippen LogP contribution is 2.30. The Labute approximate surface area is 142 Å². The quantitative estimate of drug-likeness (QED) is 0.918. The molecule has 0 bridgehead atoms. The number of benzene rings is 1. The predicted octanol–water partition coefficient (Wildman–Crippen LogP) is 2.11. The van der Waals surface area contributed by atoms with Crippen LogP contribution in [0.1, 0.15) is 28.9 Å². The van der Waals surface area contributed by atoms with Gasteiger partial charge in [0, 0.05) is 19.1 Å². The van der Waals surface area contributed by atoms with Crippen molar-refractivity contribution in [3.05, 3.63) is 41.7 Å². The Kier molecular flexibility index (Phi) is 4.76. The minimum Gasteiger partial charge on any atom is -0.336 e. The fourth-order valence-electron chi connectivity index (χ4n) is 2.87. The van der Waals surface area contributed by atoms with Gasteiger partial charge in [0.1, 0.15) is 0 Å². The van der Waals surface area contributed by atoms with Crippen molar-refractivity contribution in [2.24, 2.45) is 0 Å². The van der Waals surface area contributed by atoms with Crippen LogP contribution in [0.5, 0.6) is 0 Å². The second-order valence-corrected chi connectivity index (χ2v) is 5.98. The second-order valence-electron chi connectivity index (χ2n) is 5.98. The number of carbonyl (C=O) groups excluding carboxylic acids is 1. The summed E-state index contributed by atoms with van der Waals surface area (Å²) in [5, 5.41) is 10.8. The summed E-state index contributed by atoms with van der Waals surface area (Å²) in [6.45, 7) is 1.21. The lowest BCUT2D eigenvalue weighted by molar-refractivity contribution is -0.137. The number of hydrogen-bond donors (Lipinski definition) is 1. The van der Waals surface area contributed by atoms with E-state index in [1.54, 1.807) is 4.90 Å². The van der Waals surface area contributed by atoms with Crippen molar-refractivity contribution in [2.45, 2.75) is 25.1 Å². The third-order valence-corrected chi connectivity index (χ3v) is 4.27. The van der Waals surface area contributed by atoms with Gasteiger partial charge in [-0.05, 0) is 38.1 Å². The van der Waals surface area contributed by atoms with Crippen LogP contribution in [0.3, 0.4) is 0 Å². The third-order valence-electron chi connectivity index (χ3n) is 4.27. The molecule has 1 aliphatic rings. The third kappa shape index (κ3) is 3.81. The monoisotopic (exact) mass is 353 g/mol. The molecule has 1 atom stereocenters. The van der Waals surface area contributed by atoms with E-state index in [-0.39, 0.29) is 23.3 Å². The summed E-state index contributed by atoms with van der Waals surface area (Å²) in [7, 11) is 1.85. The van der Waals surface area contributed by atoms with Crippen LogP contribution in [-0.4, -0.2) is 52.0 Å². The number of likely N-dealkylation sites (N-methyl/N-ethyl adjacent to an activating group) is 1. The van der Waals surface area contributed by atoms with E-state index in [1.165, 1.54) is 23.0 Å². The summed E-state index contributed by atoms with van der Waals surface area (Å²) < 4.78 is 39.6. The molecule has 1 aliphatic heterocycles. The summed E-state index contributed by atoms with van der Waals surface area (Å²) in [5.74, 6) is -0.266. The number of hydrogen-bond acceptors (Lipinski definition) is 4.